The van der Waals surface area contributed by atoms with Gasteiger partial charge < -0.3 is 5.32 Å². The van der Waals surface area contributed by atoms with E-state index in [4.69, 9.17) is 0 Å². The van der Waals surface area contributed by atoms with Crippen LogP contribution in [-0.4, -0.2) is 30.2 Å². The second kappa shape index (κ2) is 6.19. The number of hydrogen-bond acceptors (Lipinski definition) is 2. The van der Waals surface area contributed by atoms with Gasteiger partial charge in [0.15, 0.2) is 0 Å². The van der Waals surface area contributed by atoms with Crippen LogP contribution in [0.1, 0.15) is 18.4 Å². The van der Waals surface area contributed by atoms with E-state index in [1.807, 2.05) is 24.3 Å². The zero-order valence-electron chi connectivity index (χ0n) is 10.9. The number of fused-ring (bicyclic) bond motifs is 1. The van der Waals surface area contributed by atoms with Crippen molar-refractivity contribution in [3.63, 3.8) is 0 Å². The molecule has 0 radical (unpaired) electrons. The molecule has 1 aliphatic heterocycles. The van der Waals surface area contributed by atoms with Gasteiger partial charge in [0.1, 0.15) is 6.04 Å². The highest BCUT2D eigenvalue weighted by molar-refractivity contribution is 9.09. The third kappa shape index (κ3) is 2.81. The number of amides is 2. The van der Waals surface area contributed by atoms with E-state index in [-0.39, 0.29) is 11.8 Å². The Morgan fingerprint density at radius 2 is 2.16 bits per heavy atom. The molecule has 0 aromatic heterocycles. The quantitative estimate of drug-likeness (QED) is 0.859. The molecule has 0 spiro atoms. The van der Waals surface area contributed by atoms with Gasteiger partial charge in [-0.2, -0.15) is 0 Å². The van der Waals surface area contributed by atoms with Crippen LogP contribution in [0.3, 0.4) is 0 Å². The van der Waals surface area contributed by atoms with Crippen molar-refractivity contribution >= 4 is 33.4 Å². The first-order valence-corrected chi connectivity index (χ1v) is 7.48. The van der Waals surface area contributed by atoms with E-state index in [2.05, 4.69) is 21.2 Å². The molecule has 1 aliphatic rings. The summed E-state index contributed by atoms with van der Waals surface area (Å²) in [6.45, 7) is 0. The number of hydrogen-bond donors (Lipinski definition) is 1. The Balaban J connectivity index is 2.28. The van der Waals surface area contributed by atoms with Crippen molar-refractivity contribution in [2.24, 2.45) is 0 Å². The third-order valence-electron chi connectivity index (χ3n) is 3.32. The predicted molar refractivity (Wildman–Crippen MR) is 78.5 cm³/mol. The zero-order valence-corrected chi connectivity index (χ0v) is 12.4. The molecule has 1 aromatic rings. The van der Waals surface area contributed by atoms with Crippen LogP contribution in [0.4, 0.5) is 5.69 Å². The minimum atomic E-state index is -0.412. The summed E-state index contributed by atoms with van der Waals surface area (Å²) in [5.41, 5.74) is 1.93. The van der Waals surface area contributed by atoms with E-state index in [0.29, 0.717) is 12.8 Å². The number of carbonyl (C=O) groups is 2. The molecule has 0 fully saturated rings. The van der Waals surface area contributed by atoms with E-state index in [1.54, 1.807) is 11.9 Å². The summed E-state index contributed by atoms with van der Waals surface area (Å²) in [6, 6.07) is 7.31. The standard InChI is InChI=1S/C14H17BrN2O2/c1-16-14(19)12-9-10-5-2-3-6-11(10)17(12)13(18)7-4-8-15/h2-3,5-6,12H,4,7-9H2,1H3,(H,16,19). The lowest BCUT2D eigenvalue weighted by molar-refractivity contribution is -0.125. The number of nitrogens with zero attached hydrogens (tertiary/aromatic N) is 1. The van der Waals surface area contributed by atoms with Crippen molar-refractivity contribution in [3.8, 4) is 0 Å². The lowest BCUT2D eigenvalue weighted by Gasteiger charge is -2.24. The van der Waals surface area contributed by atoms with Crippen LogP contribution in [0, 0.1) is 0 Å². The van der Waals surface area contributed by atoms with Crippen molar-refractivity contribution in [2.45, 2.75) is 25.3 Å². The van der Waals surface area contributed by atoms with Gasteiger partial charge in [-0.05, 0) is 18.1 Å². The van der Waals surface area contributed by atoms with E-state index in [9.17, 15) is 9.59 Å². The second-order valence-corrected chi connectivity index (χ2v) is 5.31. The van der Waals surface area contributed by atoms with Crippen molar-refractivity contribution in [1.82, 2.24) is 5.32 Å². The lowest BCUT2D eigenvalue weighted by atomic mass is 10.1. The molecule has 4 nitrogen and oxygen atoms in total. The Kier molecular flexibility index (Phi) is 4.58. The summed E-state index contributed by atoms with van der Waals surface area (Å²) in [5, 5.41) is 3.43. The maximum atomic E-state index is 12.3. The Morgan fingerprint density at radius 3 is 2.84 bits per heavy atom. The topological polar surface area (TPSA) is 49.4 Å². The van der Waals surface area contributed by atoms with Crippen LogP contribution < -0.4 is 10.2 Å². The Hall–Kier alpha value is -1.36. The number of para-hydroxylation sites is 1. The molecule has 2 amide bonds. The molecule has 2 rings (SSSR count). The third-order valence-corrected chi connectivity index (χ3v) is 3.88. The SMILES string of the molecule is CNC(=O)C1Cc2ccccc2N1C(=O)CCCBr. The summed E-state index contributed by atoms with van der Waals surface area (Å²) in [5.74, 6) is -0.0959. The van der Waals surface area contributed by atoms with Crippen molar-refractivity contribution in [1.29, 1.82) is 0 Å². The number of anilines is 1. The molecule has 1 atom stereocenters. The molecule has 1 aromatic carbocycles. The van der Waals surface area contributed by atoms with Gasteiger partial charge in [-0.3, -0.25) is 14.5 Å². The molecule has 0 bridgehead atoms. The number of likely N-dealkylation sites (N-methyl/N-ethyl adjacent to an activating group) is 1. The molecule has 1 unspecified atom stereocenters. The minimum absolute atomic E-state index is 0.0120. The highest BCUT2D eigenvalue weighted by Gasteiger charge is 2.37. The normalized spacial score (nSPS) is 17.2. The molecular formula is C14H17BrN2O2. The molecule has 1 N–H and O–H groups in total. The largest absolute Gasteiger partial charge is 0.357 e. The maximum absolute atomic E-state index is 12.3. The molecule has 5 heteroatoms. The van der Waals surface area contributed by atoms with Crippen LogP contribution in [0.25, 0.3) is 0 Å². The monoisotopic (exact) mass is 324 g/mol. The Morgan fingerprint density at radius 1 is 1.42 bits per heavy atom. The van der Waals surface area contributed by atoms with Gasteiger partial charge in [-0.15, -0.1) is 0 Å². The van der Waals surface area contributed by atoms with Crippen LogP contribution in [0.2, 0.25) is 0 Å². The maximum Gasteiger partial charge on any atom is 0.243 e. The average molecular weight is 325 g/mol. The highest BCUT2D eigenvalue weighted by atomic mass is 79.9. The van der Waals surface area contributed by atoms with Gasteiger partial charge >= 0.3 is 0 Å². The second-order valence-electron chi connectivity index (χ2n) is 4.52. The van der Waals surface area contributed by atoms with E-state index in [1.165, 1.54) is 0 Å². The Labute approximate surface area is 121 Å². The van der Waals surface area contributed by atoms with Crippen LogP contribution in [-0.2, 0) is 16.0 Å². The summed E-state index contributed by atoms with van der Waals surface area (Å²) in [7, 11) is 1.60. The van der Waals surface area contributed by atoms with Crippen LogP contribution >= 0.6 is 15.9 Å². The number of halogens is 1. The molecule has 102 valence electrons. The van der Waals surface area contributed by atoms with Gasteiger partial charge in [0, 0.05) is 30.9 Å². The Bertz CT molecular complexity index is 490. The van der Waals surface area contributed by atoms with Crippen molar-refractivity contribution in [2.75, 3.05) is 17.3 Å². The van der Waals surface area contributed by atoms with Gasteiger partial charge in [0.25, 0.3) is 0 Å². The molecular weight excluding hydrogens is 308 g/mol. The average Bonchev–Trinajstić information content (AvgIpc) is 2.83. The fourth-order valence-electron chi connectivity index (χ4n) is 2.41. The van der Waals surface area contributed by atoms with Crippen molar-refractivity contribution < 1.29 is 9.59 Å². The molecule has 0 saturated carbocycles. The van der Waals surface area contributed by atoms with Gasteiger partial charge in [0.05, 0.1) is 0 Å². The number of rotatable bonds is 4. The lowest BCUT2D eigenvalue weighted by Crippen LogP contribution is -2.47. The number of nitrogens with one attached hydrogen (secondary N) is 1. The van der Waals surface area contributed by atoms with E-state index in [0.717, 1.165) is 23.0 Å². The molecule has 0 saturated heterocycles. The smallest absolute Gasteiger partial charge is 0.243 e. The van der Waals surface area contributed by atoms with Crippen LogP contribution in [0.15, 0.2) is 24.3 Å². The number of carbonyl (C=O) groups excluding carboxylic acids is 2. The molecule has 0 aliphatic carbocycles. The summed E-state index contributed by atoms with van der Waals surface area (Å²) >= 11 is 3.33. The minimum Gasteiger partial charge on any atom is -0.357 e. The first-order valence-electron chi connectivity index (χ1n) is 6.36. The fraction of sp³-hybridized carbons (Fsp3) is 0.429. The molecule has 1 heterocycles. The molecule has 19 heavy (non-hydrogen) atoms. The van der Waals surface area contributed by atoms with Crippen molar-refractivity contribution in [3.05, 3.63) is 29.8 Å². The first-order chi connectivity index (χ1) is 9.19. The zero-order chi connectivity index (χ0) is 13.8. The fourth-order valence-corrected chi connectivity index (χ4v) is 2.69. The van der Waals surface area contributed by atoms with Gasteiger partial charge in [0.2, 0.25) is 11.8 Å². The van der Waals surface area contributed by atoms with Gasteiger partial charge in [-0.25, -0.2) is 0 Å². The summed E-state index contributed by atoms with van der Waals surface area (Å²) in [4.78, 5) is 25.9. The summed E-state index contributed by atoms with van der Waals surface area (Å²) < 4.78 is 0. The number of alkyl halides is 1. The van der Waals surface area contributed by atoms with E-state index >= 15 is 0 Å². The first kappa shape index (κ1) is 14.1. The van der Waals surface area contributed by atoms with Crippen LogP contribution in [0.5, 0.6) is 0 Å². The highest BCUT2D eigenvalue weighted by Crippen LogP contribution is 2.32. The van der Waals surface area contributed by atoms with E-state index < -0.39 is 6.04 Å². The predicted octanol–water partition coefficient (Wildman–Crippen LogP) is 1.87. The summed E-state index contributed by atoms with van der Waals surface area (Å²) in [6.07, 6.45) is 1.82. The number of benzene rings is 1. The van der Waals surface area contributed by atoms with Gasteiger partial charge in [-0.1, -0.05) is 34.1 Å².